The number of carbonyl (C=O) groups is 1. The van der Waals surface area contributed by atoms with Gasteiger partial charge in [-0.1, -0.05) is 0 Å². The molecule has 0 amide bonds. The maximum absolute atomic E-state index is 11.5. The van der Waals surface area contributed by atoms with Crippen LogP contribution in [0.25, 0.3) is 0 Å². The second kappa shape index (κ2) is 7.90. The summed E-state index contributed by atoms with van der Waals surface area (Å²) < 4.78 is 35.5. The van der Waals surface area contributed by atoms with Crippen molar-refractivity contribution in [2.24, 2.45) is 5.92 Å². The smallest absolute Gasteiger partial charge is 0.211 e. The van der Waals surface area contributed by atoms with Crippen LogP contribution in [0.4, 0.5) is 0 Å². The lowest BCUT2D eigenvalue weighted by Gasteiger charge is -2.30. The fraction of sp³-hybridized carbons (Fsp3) is 0.562. The Kier molecular flexibility index (Phi) is 6.15. The van der Waals surface area contributed by atoms with Gasteiger partial charge < -0.3 is 9.47 Å². The summed E-state index contributed by atoms with van der Waals surface area (Å²) in [5.74, 6) is 1.04. The van der Waals surface area contributed by atoms with Crippen LogP contribution < -0.4 is 4.74 Å². The molecular formula is C16H23NO5S. The zero-order valence-electron chi connectivity index (χ0n) is 13.5. The van der Waals surface area contributed by atoms with E-state index in [4.69, 9.17) is 9.47 Å². The average Bonchev–Trinajstić information content (AvgIpc) is 2.53. The van der Waals surface area contributed by atoms with Gasteiger partial charge in [-0.2, -0.15) is 0 Å². The van der Waals surface area contributed by atoms with Crippen LogP contribution in [-0.4, -0.2) is 52.1 Å². The van der Waals surface area contributed by atoms with Crippen molar-refractivity contribution in [2.75, 3.05) is 33.1 Å². The number of carbonyl (C=O) groups excluding carboxylic acids is 1. The molecule has 0 aliphatic carbocycles. The molecule has 0 atom stereocenters. The minimum atomic E-state index is -3.10. The fourth-order valence-electron chi connectivity index (χ4n) is 2.70. The topological polar surface area (TPSA) is 72.9 Å². The SMILES string of the molecule is COCc1cc(C=O)ccc1OCC1CCN(S(C)(=O)=O)CC1. The molecule has 7 heteroatoms. The van der Waals surface area contributed by atoms with Crippen molar-refractivity contribution in [3.05, 3.63) is 29.3 Å². The summed E-state index contributed by atoms with van der Waals surface area (Å²) in [6, 6.07) is 5.26. The molecule has 1 aromatic carbocycles. The Morgan fingerprint density at radius 2 is 2.00 bits per heavy atom. The summed E-state index contributed by atoms with van der Waals surface area (Å²) in [6.07, 6.45) is 3.62. The molecule has 23 heavy (non-hydrogen) atoms. The molecule has 0 unspecified atom stereocenters. The maximum atomic E-state index is 11.5. The van der Waals surface area contributed by atoms with Gasteiger partial charge in [-0.25, -0.2) is 12.7 Å². The predicted octanol–water partition coefficient (Wildman–Crippen LogP) is 1.70. The van der Waals surface area contributed by atoms with Crippen molar-refractivity contribution in [2.45, 2.75) is 19.4 Å². The minimum absolute atomic E-state index is 0.328. The summed E-state index contributed by atoms with van der Waals surface area (Å²) in [5.41, 5.74) is 1.43. The van der Waals surface area contributed by atoms with Gasteiger partial charge in [0.1, 0.15) is 12.0 Å². The molecule has 1 fully saturated rings. The number of benzene rings is 1. The third kappa shape index (κ3) is 5.02. The van der Waals surface area contributed by atoms with Gasteiger partial charge in [0, 0.05) is 31.3 Å². The Labute approximate surface area is 137 Å². The first-order valence-corrected chi connectivity index (χ1v) is 9.44. The van der Waals surface area contributed by atoms with E-state index in [2.05, 4.69) is 0 Å². The van der Waals surface area contributed by atoms with E-state index in [0.29, 0.717) is 43.5 Å². The first-order valence-electron chi connectivity index (χ1n) is 7.59. The number of aldehydes is 1. The molecule has 1 heterocycles. The second-order valence-corrected chi connectivity index (χ2v) is 7.82. The summed E-state index contributed by atoms with van der Waals surface area (Å²) in [7, 11) is -1.50. The molecule has 128 valence electrons. The Balaban J connectivity index is 1.93. The van der Waals surface area contributed by atoms with E-state index in [1.165, 1.54) is 10.6 Å². The molecule has 0 N–H and O–H groups in total. The van der Waals surface area contributed by atoms with Gasteiger partial charge in [0.15, 0.2) is 0 Å². The monoisotopic (exact) mass is 341 g/mol. The number of nitrogens with zero attached hydrogens (tertiary/aromatic N) is 1. The second-order valence-electron chi connectivity index (χ2n) is 5.83. The molecule has 0 radical (unpaired) electrons. The van der Waals surface area contributed by atoms with E-state index in [9.17, 15) is 13.2 Å². The highest BCUT2D eigenvalue weighted by Gasteiger charge is 2.25. The van der Waals surface area contributed by atoms with Gasteiger partial charge in [-0.15, -0.1) is 0 Å². The normalized spacial score (nSPS) is 17.1. The Hall–Kier alpha value is -1.44. The van der Waals surface area contributed by atoms with Crippen LogP contribution in [0.5, 0.6) is 5.75 Å². The fourth-order valence-corrected chi connectivity index (χ4v) is 3.57. The largest absolute Gasteiger partial charge is 0.493 e. The summed E-state index contributed by atoms with van der Waals surface area (Å²) in [5, 5.41) is 0. The number of rotatable bonds is 7. The first kappa shape index (κ1) is 17.9. The molecule has 1 saturated heterocycles. The van der Waals surface area contributed by atoms with E-state index < -0.39 is 10.0 Å². The Morgan fingerprint density at radius 3 is 2.57 bits per heavy atom. The number of hydrogen-bond acceptors (Lipinski definition) is 5. The zero-order chi connectivity index (χ0) is 16.9. The lowest BCUT2D eigenvalue weighted by molar-refractivity contribution is 0.112. The van der Waals surface area contributed by atoms with Gasteiger partial charge in [0.25, 0.3) is 0 Å². The van der Waals surface area contributed by atoms with Gasteiger partial charge in [-0.3, -0.25) is 4.79 Å². The molecule has 2 rings (SSSR count). The van der Waals surface area contributed by atoms with Crippen LogP contribution in [0.1, 0.15) is 28.8 Å². The van der Waals surface area contributed by atoms with Crippen LogP contribution in [-0.2, 0) is 21.4 Å². The van der Waals surface area contributed by atoms with E-state index in [0.717, 1.165) is 24.7 Å². The highest BCUT2D eigenvalue weighted by Crippen LogP contribution is 2.24. The lowest BCUT2D eigenvalue weighted by atomic mass is 9.99. The number of piperidine rings is 1. The van der Waals surface area contributed by atoms with Crippen molar-refractivity contribution in [3.63, 3.8) is 0 Å². The third-order valence-corrected chi connectivity index (χ3v) is 5.34. The Bertz CT molecular complexity index is 636. The van der Waals surface area contributed by atoms with Crippen molar-refractivity contribution in [1.82, 2.24) is 4.31 Å². The first-order chi connectivity index (χ1) is 10.9. The Morgan fingerprint density at radius 1 is 1.30 bits per heavy atom. The summed E-state index contributed by atoms with van der Waals surface area (Å²) in [4.78, 5) is 10.9. The van der Waals surface area contributed by atoms with Crippen molar-refractivity contribution in [3.8, 4) is 5.75 Å². The van der Waals surface area contributed by atoms with E-state index in [-0.39, 0.29) is 0 Å². The average molecular weight is 341 g/mol. The van der Waals surface area contributed by atoms with Crippen LogP contribution in [0.15, 0.2) is 18.2 Å². The molecule has 0 saturated carbocycles. The number of hydrogen-bond donors (Lipinski definition) is 0. The highest BCUT2D eigenvalue weighted by atomic mass is 32.2. The third-order valence-electron chi connectivity index (χ3n) is 4.04. The molecule has 0 spiro atoms. The van der Waals surface area contributed by atoms with E-state index >= 15 is 0 Å². The van der Waals surface area contributed by atoms with Crippen LogP contribution in [0.3, 0.4) is 0 Å². The van der Waals surface area contributed by atoms with Crippen LogP contribution in [0, 0.1) is 5.92 Å². The predicted molar refractivity (Wildman–Crippen MR) is 87.2 cm³/mol. The quantitative estimate of drug-likeness (QED) is 0.706. The molecule has 1 aliphatic rings. The molecule has 1 aliphatic heterocycles. The molecule has 0 aromatic heterocycles. The van der Waals surface area contributed by atoms with Crippen molar-refractivity contribution in [1.29, 1.82) is 0 Å². The van der Waals surface area contributed by atoms with Gasteiger partial charge >= 0.3 is 0 Å². The van der Waals surface area contributed by atoms with E-state index in [1.54, 1.807) is 25.3 Å². The van der Waals surface area contributed by atoms with Crippen LogP contribution >= 0.6 is 0 Å². The molecular weight excluding hydrogens is 318 g/mol. The molecule has 1 aromatic rings. The van der Waals surface area contributed by atoms with Crippen molar-refractivity contribution < 1.29 is 22.7 Å². The van der Waals surface area contributed by atoms with Gasteiger partial charge in [0.05, 0.1) is 19.5 Å². The van der Waals surface area contributed by atoms with E-state index in [1.807, 2.05) is 0 Å². The number of methoxy groups -OCH3 is 1. The molecule has 6 nitrogen and oxygen atoms in total. The maximum Gasteiger partial charge on any atom is 0.211 e. The zero-order valence-corrected chi connectivity index (χ0v) is 14.3. The standard InChI is InChI=1S/C16H23NO5S/c1-21-12-15-9-14(10-18)3-4-16(15)22-11-13-5-7-17(8-6-13)23(2,19)20/h3-4,9-10,13H,5-8,11-12H2,1-2H3. The highest BCUT2D eigenvalue weighted by molar-refractivity contribution is 7.88. The van der Waals surface area contributed by atoms with Crippen molar-refractivity contribution >= 4 is 16.3 Å². The van der Waals surface area contributed by atoms with Crippen LogP contribution in [0.2, 0.25) is 0 Å². The number of sulfonamides is 1. The van der Waals surface area contributed by atoms with Gasteiger partial charge in [-0.05, 0) is 37.0 Å². The van der Waals surface area contributed by atoms with Gasteiger partial charge in [0.2, 0.25) is 10.0 Å². The lowest BCUT2D eigenvalue weighted by Crippen LogP contribution is -2.39. The number of ether oxygens (including phenoxy) is 2. The minimum Gasteiger partial charge on any atom is -0.493 e. The summed E-state index contributed by atoms with van der Waals surface area (Å²) >= 11 is 0. The summed E-state index contributed by atoms with van der Waals surface area (Å²) in [6.45, 7) is 2.00. The molecule has 0 bridgehead atoms.